The predicted molar refractivity (Wildman–Crippen MR) is 69.9 cm³/mol. The Labute approximate surface area is 112 Å². The van der Waals surface area contributed by atoms with E-state index in [1.54, 1.807) is 0 Å². The van der Waals surface area contributed by atoms with Gasteiger partial charge < -0.3 is 5.73 Å². The van der Waals surface area contributed by atoms with Gasteiger partial charge in [0, 0.05) is 5.41 Å². The number of tetrazole rings is 1. The van der Waals surface area contributed by atoms with Gasteiger partial charge in [0.25, 0.3) is 5.56 Å². The molecule has 0 fully saturated rings. The van der Waals surface area contributed by atoms with Crippen molar-refractivity contribution in [3.63, 3.8) is 0 Å². The first-order chi connectivity index (χ1) is 9.39. The van der Waals surface area contributed by atoms with Gasteiger partial charge >= 0.3 is 0 Å². The van der Waals surface area contributed by atoms with Gasteiger partial charge in [0.05, 0.1) is 0 Å². The summed E-state index contributed by atoms with van der Waals surface area (Å²) in [5.74, 6) is 0.474. The van der Waals surface area contributed by atoms with Crippen molar-refractivity contribution in [3.8, 4) is 11.4 Å². The molecule has 10 nitrogen and oxygen atoms in total. The minimum Gasteiger partial charge on any atom is -0.383 e. The van der Waals surface area contributed by atoms with Crippen LogP contribution in [-0.4, -0.2) is 40.4 Å². The average Bonchev–Trinajstić information content (AvgIpc) is 2.94. The number of H-pyrrole nitrogens is 2. The van der Waals surface area contributed by atoms with Crippen LogP contribution < -0.4 is 11.3 Å². The fraction of sp³-hybridized carbons (Fsp3) is 0.400. The van der Waals surface area contributed by atoms with E-state index < -0.39 is 5.41 Å². The molecule has 3 aromatic heterocycles. The Hall–Kier alpha value is -2.78. The van der Waals surface area contributed by atoms with Gasteiger partial charge in [0.1, 0.15) is 17.1 Å². The Morgan fingerprint density at radius 1 is 1.20 bits per heavy atom. The molecule has 3 heterocycles. The van der Waals surface area contributed by atoms with E-state index in [1.807, 2.05) is 20.8 Å². The van der Waals surface area contributed by atoms with E-state index in [4.69, 9.17) is 5.73 Å². The van der Waals surface area contributed by atoms with Crippen molar-refractivity contribution in [1.29, 1.82) is 0 Å². The standard InChI is InChI=1S/C10H13N9O/c1-10(2,3)5-9(20)19-8(15-12-5)4(6(11)16-19)7-13-17-18-14-7/h16H,11H2,1-3H3,(H,13,14,17,18). The lowest BCUT2D eigenvalue weighted by atomic mass is 9.93. The van der Waals surface area contributed by atoms with E-state index in [0.717, 1.165) is 0 Å². The highest BCUT2D eigenvalue weighted by Crippen LogP contribution is 2.25. The van der Waals surface area contributed by atoms with Crippen molar-refractivity contribution in [2.45, 2.75) is 26.2 Å². The van der Waals surface area contributed by atoms with Crippen molar-refractivity contribution in [3.05, 3.63) is 16.0 Å². The van der Waals surface area contributed by atoms with E-state index in [-0.39, 0.29) is 22.8 Å². The number of rotatable bonds is 1. The third-order valence-electron chi connectivity index (χ3n) is 2.87. The molecule has 104 valence electrons. The Morgan fingerprint density at radius 2 is 1.95 bits per heavy atom. The molecule has 0 saturated heterocycles. The molecule has 0 atom stereocenters. The third kappa shape index (κ3) is 1.65. The summed E-state index contributed by atoms with van der Waals surface area (Å²) in [6.45, 7) is 5.66. The Kier molecular flexibility index (Phi) is 2.36. The van der Waals surface area contributed by atoms with Crippen molar-refractivity contribution in [1.82, 2.24) is 40.4 Å². The van der Waals surface area contributed by atoms with Crippen molar-refractivity contribution in [2.24, 2.45) is 0 Å². The summed E-state index contributed by atoms with van der Waals surface area (Å²) in [5, 5.41) is 24.3. The van der Waals surface area contributed by atoms with Gasteiger partial charge in [-0.25, -0.2) is 0 Å². The number of nitrogens with two attached hydrogens (primary N) is 1. The first-order valence-corrected chi connectivity index (χ1v) is 5.91. The van der Waals surface area contributed by atoms with Gasteiger partial charge in [-0.05, 0) is 5.21 Å². The van der Waals surface area contributed by atoms with Gasteiger partial charge in [-0.1, -0.05) is 20.8 Å². The van der Waals surface area contributed by atoms with Crippen molar-refractivity contribution >= 4 is 11.5 Å². The second-order valence-corrected chi connectivity index (χ2v) is 5.40. The second kappa shape index (κ2) is 3.85. The van der Waals surface area contributed by atoms with E-state index in [1.165, 1.54) is 4.52 Å². The largest absolute Gasteiger partial charge is 0.383 e. The topological polar surface area (TPSA) is 144 Å². The lowest BCUT2D eigenvalue weighted by Gasteiger charge is -2.15. The maximum Gasteiger partial charge on any atom is 0.295 e. The lowest BCUT2D eigenvalue weighted by Crippen LogP contribution is -2.30. The number of fused-ring (bicyclic) bond motifs is 1. The van der Waals surface area contributed by atoms with Crippen LogP contribution in [-0.2, 0) is 5.41 Å². The number of nitrogens with one attached hydrogen (secondary N) is 2. The normalized spacial score (nSPS) is 12.2. The number of nitrogens with zero attached hydrogens (tertiary/aromatic N) is 6. The number of anilines is 1. The molecule has 0 radical (unpaired) electrons. The molecule has 3 aromatic rings. The van der Waals surface area contributed by atoms with Gasteiger partial charge in [-0.3, -0.25) is 9.89 Å². The Bertz CT molecular complexity index is 821. The Morgan fingerprint density at radius 3 is 2.55 bits per heavy atom. The quantitative estimate of drug-likeness (QED) is 0.541. The summed E-state index contributed by atoms with van der Waals surface area (Å²) < 4.78 is 1.24. The molecule has 3 rings (SSSR count). The van der Waals surface area contributed by atoms with Crippen LogP contribution in [0.1, 0.15) is 26.5 Å². The maximum absolute atomic E-state index is 12.4. The van der Waals surface area contributed by atoms with Crippen LogP contribution >= 0.6 is 0 Å². The molecular formula is C10H13N9O. The Balaban J connectivity index is 2.35. The SMILES string of the molecule is CC(C)(C)c1nnc2c(-c3nn[nH]n3)c(N)[nH]n2c1=O. The van der Waals surface area contributed by atoms with Gasteiger partial charge in [0.15, 0.2) is 5.65 Å². The predicted octanol–water partition coefficient (Wildman–Crippen LogP) is -0.523. The van der Waals surface area contributed by atoms with E-state index in [0.29, 0.717) is 11.3 Å². The van der Waals surface area contributed by atoms with Gasteiger partial charge in [-0.15, -0.1) is 20.4 Å². The minimum absolute atomic E-state index is 0.226. The molecule has 0 aromatic carbocycles. The molecule has 0 spiro atoms. The molecule has 0 aliphatic rings. The number of aromatic nitrogens is 8. The minimum atomic E-state index is -0.419. The number of nitrogen functional groups attached to an aromatic ring is 1. The van der Waals surface area contributed by atoms with Crippen molar-refractivity contribution in [2.75, 3.05) is 5.73 Å². The lowest BCUT2D eigenvalue weighted by molar-refractivity contribution is 0.542. The molecule has 0 bridgehead atoms. The van der Waals surface area contributed by atoms with Gasteiger partial charge in [0.2, 0.25) is 5.82 Å². The molecule has 0 unspecified atom stereocenters. The summed E-state index contributed by atoms with van der Waals surface area (Å²) in [5.41, 5.74) is 6.15. The highest BCUT2D eigenvalue weighted by Gasteiger charge is 2.25. The summed E-state index contributed by atoms with van der Waals surface area (Å²) in [6, 6.07) is 0. The smallest absolute Gasteiger partial charge is 0.295 e. The van der Waals surface area contributed by atoms with Gasteiger partial charge in [-0.2, -0.15) is 9.73 Å². The highest BCUT2D eigenvalue weighted by atomic mass is 16.1. The molecule has 0 saturated carbocycles. The third-order valence-corrected chi connectivity index (χ3v) is 2.87. The summed E-state index contributed by atoms with van der Waals surface area (Å²) in [6.07, 6.45) is 0. The zero-order valence-corrected chi connectivity index (χ0v) is 11.2. The van der Waals surface area contributed by atoms with Crippen LogP contribution in [0.2, 0.25) is 0 Å². The first kappa shape index (κ1) is 12.3. The maximum atomic E-state index is 12.4. The summed E-state index contributed by atoms with van der Waals surface area (Å²) in [4.78, 5) is 12.4. The molecule has 10 heteroatoms. The van der Waals surface area contributed by atoms with Crippen LogP contribution in [0, 0.1) is 0 Å². The highest BCUT2D eigenvalue weighted by molar-refractivity contribution is 5.81. The first-order valence-electron chi connectivity index (χ1n) is 5.91. The number of hydrogen-bond acceptors (Lipinski definition) is 7. The van der Waals surface area contributed by atoms with Crippen molar-refractivity contribution < 1.29 is 0 Å². The fourth-order valence-electron chi connectivity index (χ4n) is 1.91. The van der Waals surface area contributed by atoms with Crippen LogP contribution in [0.25, 0.3) is 17.0 Å². The van der Waals surface area contributed by atoms with Crippen LogP contribution in [0.15, 0.2) is 4.79 Å². The van der Waals surface area contributed by atoms with Crippen LogP contribution in [0.3, 0.4) is 0 Å². The summed E-state index contributed by atoms with van der Waals surface area (Å²) >= 11 is 0. The number of aromatic amines is 2. The molecule has 0 aliphatic heterocycles. The molecule has 0 aliphatic carbocycles. The zero-order chi connectivity index (χ0) is 14.5. The average molecular weight is 275 g/mol. The second-order valence-electron chi connectivity index (χ2n) is 5.40. The molecule has 4 N–H and O–H groups in total. The molecule has 20 heavy (non-hydrogen) atoms. The van der Waals surface area contributed by atoms with E-state index in [2.05, 4.69) is 35.9 Å². The summed E-state index contributed by atoms with van der Waals surface area (Å²) in [7, 11) is 0. The molecule has 0 amide bonds. The molecular weight excluding hydrogens is 262 g/mol. The number of hydrogen-bond donors (Lipinski definition) is 3. The zero-order valence-electron chi connectivity index (χ0n) is 11.2. The van der Waals surface area contributed by atoms with Crippen LogP contribution in [0.4, 0.5) is 5.82 Å². The van der Waals surface area contributed by atoms with E-state index >= 15 is 0 Å². The van der Waals surface area contributed by atoms with Crippen LogP contribution in [0.5, 0.6) is 0 Å². The monoisotopic (exact) mass is 275 g/mol. The fourth-order valence-corrected chi connectivity index (χ4v) is 1.91. The van der Waals surface area contributed by atoms with E-state index in [9.17, 15) is 4.79 Å².